The fourth-order valence-corrected chi connectivity index (χ4v) is 3.94. The first-order chi connectivity index (χ1) is 12.8. The molecule has 3 amide bonds. The summed E-state index contributed by atoms with van der Waals surface area (Å²) >= 11 is 0. The second-order valence-electron chi connectivity index (χ2n) is 6.97. The van der Waals surface area contributed by atoms with E-state index in [-0.39, 0.29) is 18.4 Å². The number of carbonyl (C=O) groups is 4. The zero-order chi connectivity index (χ0) is 19.8. The van der Waals surface area contributed by atoms with E-state index in [1.165, 1.54) is 37.3 Å². The number of rotatable bonds is 4. The molecule has 2 aliphatic heterocycles. The topological polar surface area (TPSA) is 84.0 Å². The van der Waals surface area contributed by atoms with E-state index in [2.05, 4.69) is 0 Å². The van der Waals surface area contributed by atoms with Gasteiger partial charge in [-0.05, 0) is 30.5 Å². The predicted molar refractivity (Wildman–Crippen MR) is 91.8 cm³/mol. The molecule has 2 saturated heterocycles. The summed E-state index contributed by atoms with van der Waals surface area (Å²) in [6.45, 7) is 0.371. The van der Waals surface area contributed by atoms with Gasteiger partial charge in [-0.15, -0.1) is 0 Å². The smallest absolute Gasteiger partial charge is 0.328 e. The van der Waals surface area contributed by atoms with Crippen molar-refractivity contribution in [2.75, 3.05) is 20.7 Å². The standard InChI is InChI=1S/C19H21FN2O5/c1-21-15(23)10-19(18(21)26,12-5-3-6-13(20)9-12)11-16(24)22-8-4-7-14(22)17(25)27-2/h3,5-6,9,14H,4,7-8,10-11H2,1-2H3/t14-,19-/m0/s1. The lowest BCUT2D eigenvalue weighted by molar-refractivity contribution is -0.151. The highest BCUT2D eigenvalue weighted by Gasteiger charge is 2.53. The molecule has 0 saturated carbocycles. The molecule has 27 heavy (non-hydrogen) atoms. The Morgan fingerprint density at radius 3 is 2.67 bits per heavy atom. The third-order valence-electron chi connectivity index (χ3n) is 5.42. The second-order valence-corrected chi connectivity index (χ2v) is 6.97. The predicted octanol–water partition coefficient (Wildman–Crippen LogP) is 1.01. The van der Waals surface area contributed by atoms with Crippen LogP contribution in [0, 0.1) is 5.82 Å². The Labute approximate surface area is 156 Å². The second kappa shape index (κ2) is 7.09. The summed E-state index contributed by atoms with van der Waals surface area (Å²) in [5, 5.41) is 0. The first-order valence-corrected chi connectivity index (χ1v) is 8.74. The van der Waals surface area contributed by atoms with Gasteiger partial charge in [-0.2, -0.15) is 0 Å². The summed E-state index contributed by atoms with van der Waals surface area (Å²) < 4.78 is 18.6. The van der Waals surface area contributed by atoms with Gasteiger partial charge in [-0.25, -0.2) is 9.18 Å². The van der Waals surface area contributed by atoms with Gasteiger partial charge in [0.1, 0.15) is 11.9 Å². The van der Waals surface area contributed by atoms with Gasteiger partial charge in [0.15, 0.2) is 0 Å². The van der Waals surface area contributed by atoms with E-state index < -0.39 is 41.0 Å². The molecule has 0 unspecified atom stereocenters. The van der Waals surface area contributed by atoms with E-state index >= 15 is 0 Å². The van der Waals surface area contributed by atoms with E-state index in [0.29, 0.717) is 19.4 Å². The van der Waals surface area contributed by atoms with Crippen LogP contribution >= 0.6 is 0 Å². The number of carbonyl (C=O) groups excluding carboxylic acids is 4. The molecule has 3 rings (SSSR count). The van der Waals surface area contributed by atoms with Crippen LogP contribution < -0.4 is 0 Å². The van der Waals surface area contributed by atoms with Gasteiger partial charge in [0.25, 0.3) is 0 Å². The van der Waals surface area contributed by atoms with Crippen molar-refractivity contribution in [2.24, 2.45) is 0 Å². The number of methoxy groups -OCH3 is 1. The number of likely N-dealkylation sites (N-methyl/N-ethyl adjacent to an activating group) is 1. The van der Waals surface area contributed by atoms with Crippen molar-refractivity contribution in [2.45, 2.75) is 37.1 Å². The van der Waals surface area contributed by atoms with Crippen LogP contribution in [-0.2, 0) is 29.3 Å². The molecule has 0 aliphatic carbocycles. The number of halogens is 1. The largest absolute Gasteiger partial charge is 0.467 e. The van der Waals surface area contributed by atoms with Crippen molar-refractivity contribution in [3.63, 3.8) is 0 Å². The van der Waals surface area contributed by atoms with Crippen LogP contribution in [0.25, 0.3) is 0 Å². The van der Waals surface area contributed by atoms with Crippen LogP contribution in [0.1, 0.15) is 31.2 Å². The molecule has 2 heterocycles. The number of likely N-dealkylation sites (tertiary alicyclic amines) is 2. The van der Waals surface area contributed by atoms with Gasteiger partial charge in [0.05, 0.1) is 12.5 Å². The highest BCUT2D eigenvalue weighted by molar-refractivity contribution is 6.10. The lowest BCUT2D eigenvalue weighted by Crippen LogP contribution is -2.46. The highest BCUT2D eigenvalue weighted by atomic mass is 19.1. The Bertz CT molecular complexity index is 811. The number of hydrogen-bond donors (Lipinski definition) is 0. The Balaban J connectivity index is 1.96. The molecule has 7 nitrogen and oxygen atoms in total. The molecule has 144 valence electrons. The van der Waals surface area contributed by atoms with Crippen LogP contribution in [-0.4, -0.2) is 60.2 Å². The molecule has 2 aliphatic rings. The average molecular weight is 376 g/mol. The lowest BCUT2D eigenvalue weighted by atomic mass is 9.75. The quantitative estimate of drug-likeness (QED) is 0.578. The highest BCUT2D eigenvalue weighted by Crippen LogP contribution is 2.40. The monoisotopic (exact) mass is 376 g/mol. The number of amides is 3. The molecule has 0 N–H and O–H groups in total. The first-order valence-electron chi connectivity index (χ1n) is 8.74. The Hall–Kier alpha value is -2.77. The zero-order valence-corrected chi connectivity index (χ0v) is 15.2. The Morgan fingerprint density at radius 1 is 1.33 bits per heavy atom. The number of nitrogens with zero attached hydrogens (tertiary/aromatic N) is 2. The minimum absolute atomic E-state index is 0.214. The molecule has 0 bridgehead atoms. The van der Waals surface area contributed by atoms with Crippen molar-refractivity contribution in [3.05, 3.63) is 35.6 Å². The molecule has 1 aromatic rings. The van der Waals surface area contributed by atoms with Gasteiger partial charge in [0, 0.05) is 26.4 Å². The molecule has 1 aromatic carbocycles. The summed E-state index contributed by atoms with van der Waals surface area (Å²) in [4.78, 5) is 52.4. The van der Waals surface area contributed by atoms with Crippen LogP contribution in [0.5, 0.6) is 0 Å². The maximum absolute atomic E-state index is 13.8. The van der Waals surface area contributed by atoms with Gasteiger partial charge < -0.3 is 9.64 Å². The number of esters is 1. The van der Waals surface area contributed by atoms with Crippen molar-refractivity contribution < 1.29 is 28.3 Å². The van der Waals surface area contributed by atoms with E-state index in [0.717, 1.165) is 4.90 Å². The summed E-state index contributed by atoms with van der Waals surface area (Å²) in [7, 11) is 2.61. The van der Waals surface area contributed by atoms with Crippen LogP contribution in [0.3, 0.4) is 0 Å². The normalized spacial score (nSPS) is 25.2. The molecular formula is C19H21FN2O5. The summed E-state index contributed by atoms with van der Waals surface area (Å²) in [5.74, 6) is -2.46. The Kier molecular flexibility index (Phi) is 4.99. The molecule has 0 radical (unpaired) electrons. The first kappa shape index (κ1) is 19.0. The molecule has 2 fully saturated rings. The number of hydrogen-bond acceptors (Lipinski definition) is 5. The lowest BCUT2D eigenvalue weighted by Gasteiger charge is -2.30. The Morgan fingerprint density at radius 2 is 2.07 bits per heavy atom. The molecule has 8 heteroatoms. The third-order valence-corrected chi connectivity index (χ3v) is 5.42. The fraction of sp³-hybridized carbons (Fsp3) is 0.474. The van der Waals surface area contributed by atoms with Crippen molar-refractivity contribution in [3.8, 4) is 0 Å². The van der Waals surface area contributed by atoms with E-state index in [9.17, 15) is 23.6 Å². The number of benzene rings is 1. The van der Waals surface area contributed by atoms with Gasteiger partial charge in [-0.1, -0.05) is 12.1 Å². The third kappa shape index (κ3) is 3.20. The van der Waals surface area contributed by atoms with Gasteiger partial charge in [0.2, 0.25) is 17.7 Å². The number of imide groups is 1. The van der Waals surface area contributed by atoms with Gasteiger partial charge in [-0.3, -0.25) is 19.3 Å². The van der Waals surface area contributed by atoms with Crippen molar-refractivity contribution in [1.29, 1.82) is 0 Å². The summed E-state index contributed by atoms with van der Waals surface area (Å²) in [6, 6.07) is 4.71. The zero-order valence-electron chi connectivity index (χ0n) is 15.2. The number of ether oxygens (including phenoxy) is 1. The SMILES string of the molecule is COC(=O)[C@@H]1CCCN1C(=O)C[C@]1(c2cccc(F)c2)CC(=O)N(C)C1=O. The molecular weight excluding hydrogens is 355 g/mol. The van der Waals surface area contributed by atoms with E-state index in [1.807, 2.05) is 0 Å². The molecule has 0 aromatic heterocycles. The van der Waals surface area contributed by atoms with Gasteiger partial charge >= 0.3 is 5.97 Å². The minimum atomic E-state index is -1.46. The van der Waals surface area contributed by atoms with E-state index in [1.54, 1.807) is 6.07 Å². The molecule has 0 spiro atoms. The van der Waals surface area contributed by atoms with Crippen LogP contribution in [0.15, 0.2) is 24.3 Å². The van der Waals surface area contributed by atoms with Crippen molar-refractivity contribution in [1.82, 2.24) is 9.80 Å². The fourth-order valence-electron chi connectivity index (χ4n) is 3.94. The average Bonchev–Trinajstić information content (AvgIpc) is 3.22. The maximum Gasteiger partial charge on any atom is 0.328 e. The van der Waals surface area contributed by atoms with Crippen molar-refractivity contribution >= 4 is 23.7 Å². The maximum atomic E-state index is 13.8. The van der Waals surface area contributed by atoms with E-state index in [4.69, 9.17) is 4.74 Å². The van der Waals surface area contributed by atoms with Crippen LogP contribution in [0.4, 0.5) is 4.39 Å². The molecule has 2 atom stereocenters. The summed E-state index contributed by atoms with van der Waals surface area (Å²) in [6.07, 6.45) is 0.608. The van der Waals surface area contributed by atoms with Crippen LogP contribution in [0.2, 0.25) is 0 Å². The summed E-state index contributed by atoms with van der Waals surface area (Å²) in [5.41, 5.74) is -1.18. The minimum Gasteiger partial charge on any atom is -0.467 e.